The summed E-state index contributed by atoms with van der Waals surface area (Å²) < 4.78 is 0. The van der Waals surface area contributed by atoms with Crippen molar-refractivity contribution in [2.45, 2.75) is 18.4 Å². The molecule has 0 aliphatic heterocycles. The maximum absolute atomic E-state index is 10.1. The van der Waals surface area contributed by atoms with Gasteiger partial charge in [-0.1, -0.05) is 0 Å². The van der Waals surface area contributed by atoms with Crippen LogP contribution in [0.4, 0.5) is 0 Å². The SMILES string of the molecule is O.O=C([O-])CC(O)(CC(=O)[O-])C(=O)[O-].[Mg+2]. The summed E-state index contributed by atoms with van der Waals surface area (Å²) in [6.07, 6.45) is -2.72. The number of aliphatic carboxylic acids is 3. The van der Waals surface area contributed by atoms with Gasteiger partial charge in [-0.3, -0.25) is 0 Å². The summed E-state index contributed by atoms with van der Waals surface area (Å²) in [4.78, 5) is 30.0. The number of aliphatic hydroxyl groups is 1. The standard InChI is InChI=1S/C6H8O7.Mg.H2O/c7-3(8)1-6(13,5(11)12)2-4(9)10;;/h13H,1-2H2,(H,7,8)(H,9,10)(H,11,12);;1H2/q;+2;/p-3. The van der Waals surface area contributed by atoms with Gasteiger partial charge in [-0.05, 0) is 0 Å². The van der Waals surface area contributed by atoms with Crippen LogP contribution in [0.2, 0.25) is 0 Å². The van der Waals surface area contributed by atoms with Crippen molar-refractivity contribution in [2.75, 3.05) is 0 Å². The average Bonchev–Trinajstić information content (AvgIpc) is 1.82. The first-order valence-electron chi connectivity index (χ1n) is 3.11. The molecule has 9 heteroatoms. The van der Waals surface area contributed by atoms with Gasteiger partial charge in [-0.15, -0.1) is 0 Å². The molecule has 0 aromatic heterocycles. The average molecular weight is 231 g/mol. The summed E-state index contributed by atoms with van der Waals surface area (Å²) in [7, 11) is 0. The number of carboxylic acids is 3. The van der Waals surface area contributed by atoms with Crippen LogP contribution in [0.1, 0.15) is 12.8 Å². The molecular weight excluding hydrogens is 224 g/mol. The molecule has 0 radical (unpaired) electrons. The fourth-order valence-electron chi connectivity index (χ4n) is 0.684. The van der Waals surface area contributed by atoms with Crippen molar-refractivity contribution in [1.29, 1.82) is 0 Å². The molecule has 0 spiro atoms. The van der Waals surface area contributed by atoms with E-state index in [1.807, 2.05) is 0 Å². The molecule has 0 saturated carbocycles. The van der Waals surface area contributed by atoms with E-state index in [1.54, 1.807) is 0 Å². The van der Waals surface area contributed by atoms with E-state index in [-0.39, 0.29) is 28.5 Å². The van der Waals surface area contributed by atoms with Crippen molar-refractivity contribution in [3.05, 3.63) is 0 Å². The second-order valence-electron chi connectivity index (χ2n) is 2.42. The van der Waals surface area contributed by atoms with Gasteiger partial charge >= 0.3 is 23.1 Å². The van der Waals surface area contributed by atoms with E-state index in [4.69, 9.17) is 5.11 Å². The number of carbonyl (C=O) groups is 3. The first-order chi connectivity index (χ1) is 5.78. The zero-order valence-corrected chi connectivity index (χ0v) is 8.93. The van der Waals surface area contributed by atoms with Crippen molar-refractivity contribution in [3.8, 4) is 0 Å². The Bertz CT molecular complexity index is 234. The smallest absolute Gasteiger partial charge is 0.550 e. The fourth-order valence-corrected chi connectivity index (χ4v) is 0.684. The molecular formula is C6H7MgO8-. The van der Waals surface area contributed by atoms with Crippen LogP contribution in [0.25, 0.3) is 0 Å². The van der Waals surface area contributed by atoms with E-state index in [0.29, 0.717) is 0 Å². The minimum absolute atomic E-state index is 0. The van der Waals surface area contributed by atoms with Crippen LogP contribution in [0, 0.1) is 0 Å². The second kappa shape index (κ2) is 7.40. The minimum Gasteiger partial charge on any atom is -0.550 e. The van der Waals surface area contributed by atoms with E-state index in [0.717, 1.165) is 0 Å². The molecule has 0 aliphatic carbocycles. The van der Waals surface area contributed by atoms with Crippen molar-refractivity contribution >= 4 is 41.0 Å². The Hall–Kier alpha value is -0.904. The Morgan fingerprint density at radius 3 is 1.40 bits per heavy atom. The van der Waals surface area contributed by atoms with Gasteiger partial charge in [0.1, 0.15) is 5.60 Å². The minimum atomic E-state index is -2.97. The summed E-state index contributed by atoms with van der Waals surface area (Å²) in [6, 6.07) is 0. The third-order valence-electron chi connectivity index (χ3n) is 1.25. The van der Waals surface area contributed by atoms with Crippen LogP contribution >= 0.6 is 0 Å². The van der Waals surface area contributed by atoms with Gasteiger partial charge in [0.05, 0.1) is 5.97 Å². The van der Waals surface area contributed by atoms with Gasteiger partial charge in [-0.2, -0.15) is 0 Å². The van der Waals surface area contributed by atoms with Crippen LogP contribution < -0.4 is 15.3 Å². The zero-order chi connectivity index (χ0) is 10.6. The van der Waals surface area contributed by atoms with E-state index in [1.165, 1.54) is 0 Å². The Kier molecular flexibility index (Phi) is 9.68. The normalized spacial score (nSPS) is 9.40. The third kappa shape index (κ3) is 7.08. The van der Waals surface area contributed by atoms with Gasteiger partial charge in [0.2, 0.25) is 0 Å². The van der Waals surface area contributed by atoms with Gasteiger partial charge in [0, 0.05) is 24.8 Å². The maximum Gasteiger partial charge on any atom is 2.00 e. The first-order valence-corrected chi connectivity index (χ1v) is 3.11. The van der Waals surface area contributed by atoms with Crippen molar-refractivity contribution in [3.63, 3.8) is 0 Å². The molecule has 0 atom stereocenters. The molecule has 0 fully saturated rings. The molecule has 0 heterocycles. The second-order valence-corrected chi connectivity index (χ2v) is 2.42. The molecule has 0 aromatic carbocycles. The van der Waals surface area contributed by atoms with Crippen LogP contribution in [-0.2, 0) is 14.4 Å². The summed E-state index contributed by atoms with van der Waals surface area (Å²) in [6.45, 7) is 0. The third-order valence-corrected chi connectivity index (χ3v) is 1.25. The molecule has 0 unspecified atom stereocenters. The molecule has 15 heavy (non-hydrogen) atoms. The maximum atomic E-state index is 10.1. The fraction of sp³-hybridized carbons (Fsp3) is 0.500. The molecule has 3 N–H and O–H groups in total. The molecule has 0 aromatic rings. The van der Waals surface area contributed by atoms with Crippen molar-refractivity contribution < 1.29 is 40.3 Å². The largest absolute Gasteiger partial charge is 2.00 e. The van der Waals surface area contributed by atoms with Gasteiger partial charge < -0.3 is 40.3 Å². The monoisotopic (exact) mass is 231 g/mol. The summed E-state index contributed by atoms with van der Waals surface area (Å²) in [5.74, 6) is -5.98. The Balaban J connectivity index is -0.000000720. The van der Waals surface area contributed by atoms with Crippen LogP contribution in [-0.4, -0.2) is 57.1 Å². The van der Waals surface area contributed by atoms with Gasteiger partial charge in [0.15, 0.2) is 0 Å². The summed E-state index contributed by atoms with van der Waals surface area (Å²) >= 11 is 0. The summed E-state index contributed by atoms with van der Waals surface area (Å²) in [5.41, 5.74) is -2.97. The van der Waals surface area contributed by atoms with E-state index in [9.17, 15) is 29.7 Å². The predicted octanol–water partition coefficient (Wildman–Crippen LogP) is -6.46. The molecule has 0 bridgehead atoms. The van der Waals surface area contributed by atoms with Crippen molar-refractivity contribution in [1.82, 2.24) is 0 Å². The molecule has 0 rings (SSSR count). The number of carbonyl (C=O) groups excluding carboxylic acids is 3. The van der Waals surface area contributed by atoms with E-state index >= 15 is 0 Å². The predicted molar refractivity (Wildman–Crippen MR) is 38.6 cm³/mol. The van der Waals surface area contributed by atoms with E-state index in [2.05, 4.69) is 0 Å². The van der Waals surface area contributed by atoms with Gasteiger partial charge in [0.25, 0.3) is 0 Å². The van der Waals surface area contributed by atoms with Crippen LogP contribution in [0.3, 0.4) is 0 Å². The molecule has 82 valence electrons. The number of rotatable bonds is 5. The quantitative estimate of drug-likeness (QED) is 0.458. The van der Waals surface area contributed by atoms with Crippen LogP contribution in [0.15, 0.2) is 0 Å². The Morgan fingerprint density at radius 2 is 1.27 bits per heavy atom. The van der Waals surface area contributed by atoms with Crippen LogP contribution in [0.5, 0.6) is 0 Å². The zero-order valence-electron chi connectivity index (χ0n) is 7.52. The molecule has 0 amide bonds. The number of hydrogen-bond donors (Lipinski definition) is 1. The summed E-state index contributed by atoms with van der Waals surface area (Å²) in [5, 5.41) is 38.9. The molecule has 8 nitrogen and oxygen atoms in total. The molecule has 0 aliphatic rings. The molecule has 0 saturated heterocycles. The number of carboxylic acid groups (broad SMARTS) is 3. The topological polar surface area (TPSA) is 172 Å². The van der Waals surface area contributed by atoms with E-state index < -0.39 is 36.4 Å². The first kappa shape index (κ1) is 19.6. The van der Waals surface area contributed by atoms with Gasteiger partial charge in [-0.25, -0.2) is 0 Å². The van der Waals surface area contributed by atoms with Crippen molar-refractivity contribution in [2.24, 2.45) is 0 Å². The number of hydrogen-bond acceptors (Lipinski definition) is 7. The Morgan fingerprint density at radius 1 is 1.00 bits per heavy atom. The Labute approximate surface area is 100.0 Å².